The molecule has 1 aromatic rings. The number of hydrogen-bond acceptors (Lipinski definition) is 3. The number of benzene rings is 1. The highest BCUT2D eigenvalue weighted by Crippen LogP contribution is 2.22. The summed E-state index contributed by atoms with van der Waals surface area (Å²) in [6.45, 7) is 0. The van der Waals surface area contributed by atoms with Crippen LogP contribution >= 0.6 is 0 Å². The number of rotatable bonds is 3. The molecule has 0 radical (unpaired) electrons. The zero-order valence-electron chi connectivity index (χ0n) is 7.40. The van der Waals surface area contributed by atoms with Crippen molar-refractivity contribution in [2.24, 2.45) is 0 Å². The van der Waals surface area contributed by atoms with Crippen LogP contribution in [0.2, 0.25) is 0 Å². The molecule has 5 heteroatoms. The molecule has 0 heterocycles. The normalized spacial score (nSPS) is 9.64. The summed E-state index contributed by atoms with van der Waals surface area (Å²) in [6.07, 6.45) is 0.824. The summed E-state index contributed by atoms with van der Waals surface area (Å²) in [7, 11) is 1.47. The molecule has 0 aliphatic carbocycles. The molecule has 2 N–H and O–H groups in total. The molecule has 0 aliphatic rings. The van der Waals surface area contributed by atoms with Gasteiger partial charge in [-0.2, -0.15) is 0 Å². The van der Waals surface area contributed by atoms with Gasteiger partial charge in [-0.3, -0.25) is 4.79 Å². The predicted molar refractivity (Wildman–Crippen MR) is 49.2 cm³/mol. The Labute approximate surface area is 79.3 Å². The van der Waals surface area contributed by atoms with Crippen LogP contribution in [0.5, 0.6) is 0 Å². The number of carbonyl (C=O) groups excluding carboxylic acids is 1. The molecule has 0 unspecified atom stereocenters. The van der Waals surface area contributed by atoms with E-state index in [0.29, 0.717) is 0 Å². The Morgan fingerprint density at radius 3 is 2.50 bits per heavy atom. The van der Waals surface area contributed by atoms with Crippen LogP contribution in [0.3, 0.4) is 0 Å². The molecule has 0 spiro atoms. The van der Waals surface area contributed by atoms with Gasteiger partial charge in [-0.25, -0.2) is 8.78 Å². The van der Waals surface area contributed by atoms with Gasteiger partial charge in [0.2, 0.25) is 0 Å². The van der Waals surface area contributed by atoms with Crippen LogP contribution in [-0.4, -0.2) is 19.5 Å². The lowest BCUT2D eigenvalue weighted by atomic mass is 10.1. The topological polar surface area (TPSA) is 53.0 Å². The highest BCUT2D eigenvalue weighted by molar-refractivity contribution is 5.90. The lowest BCUT2D eigenvalue weighted by Gasteiger charge is -2.08. The van der Waals surface area contributed by atoms with Crippen LogP contribution in [0.4, 0.5) is 14.5 Å². The monoisotopic (exact) mass is 198 g/mol. The van der Waals surface area contributed by atoms with E-state index in [1.54, 1.807) is 0 Å². The fourth-order valence-corrected chi connectivity index (χ4v) is 1.11. The largest absolute Gasteiger partial charge is 0.387 e. The number of halogens is 2. The van der Waals surface area contributed by atoms with Gasteiger partial charge in [0, 0.05) is 18.9 Å². The molecular formula is C9H8F2N2O. The van der Waals surface area contributed by atoms with Crippen molar-refractivity contribution < 1.29 is 13.6 Å². The minimum absolute atomic E-state index is 0.0944. The van der Waals surface area contributed by atoms with Crippen molar-refractivity contribution >= 4 is 18.2 Å². The maximum Gasteiger partial charge on any atom is 0.155 e. The highest BCUT2D eigenvalue weighted by Gasteiger charge is 2.15. The third-order valence-electron chi connectivity index (χ3n) is 1.82. The van der Waals surface area contributed by atoms with Gasteiger partial charge in [-0.15, -0.1) is 0 Å². The molecule has 1 aromatic carbocycles. The van der Waals surface area contributed by atoms with E-state index in [1.165, 1.54) is 7.05 Å². The third-order valence-corrected chi connectivity index (χ3v) is 1.82. The van der Waals surface area contributed by atoms with Crippen molar-refractivity contribution in [3.63, 3.8) is 0 Å². The second kappa shape index (κ2) is 3.95. The summed E-state index contributed by atoms with van der Waals surface area (Å²) in [5, 5.41) is 9.46. The van der Waals surface area contributed by atoms with Crippen LogP contribution in [0, 0.1) is 17.0 Å². The van der Waals surface area contributed by atoms with Crippen molar-refractivity contribution in [3.8, 4) is 0 Å². The van der Waals surface area contributed by atoms with Crippen LogP contribution < -0.4 is 5.32 Å². The summed E-state index contributed by atoms with van der Waals surface area (Å²) in [5.74, 6) is -1.95. The van der Waals surface area contributed by atoms with Crippen molar-refractivity contribution in [1.29, 1.82) is 5.41 Å². The van der Waals surface area contributed by atoms with E-state index in [4.69, 9.17) is 5.41 Å². The molecule has 0 atom stereocenters. The number of hydrogen-bond donors (Lipinski definition) is 2. The van der Waals surface area contributed by atoms with Gasteiger partial charge in [-0.1, -0.05) is 0 Å². The average Bonchev–Trinajstić information content (AvgIpc) is 2.17. The van der Waals surface area contributed by atoms with Crippen molar-refractivity contribution in [2.75, 3.05) is 12.4 Å². The van der Waals surface area contributed by atoms with Crippen LogP contribution in [0.1, 0.15) is 15.9 Å². The summed E-state index contributed by atoms with van der Waals surface area (Å²) in [6, 6.07) is 0.979. The molecule has 14 heavy (non-hydrogen) atoms. The Kier molecular flexibility index (Phi) is 2.91. The van der Waals surface area contributed by atoms with Crippen molar-refractivity contribution in [1.82, 2.24) is 0 Å². The van der Waals surface area contributed by atoms with Gasteiger partial charge >= 0.3 is 0 Å². The minimum Gasteiger partial charge on any atom is -0.387 e. The lowest BCUT2D eigenvalue weighted by Crippen LogP contribution is -2.04. The van der Waals surface area contributed by atoms with Crippen LogP contribution in [0.15, 0.2) is 6.07 Å². The Hall–Kier alpha value is -1.78. The molecule has 3 nitrogen and oxygen atoms in total. The molecule has 0 fully saturated rings. The summed E-state index contributed by atoms with van der Waals surface area (Å²) >= 11 is 0. The van der Waals surface area contributed by atoms with Crippen LogP contribution in [0.25, 0.3) is 0 Å². The Bertz CT molecular complexity index is 391. The SMILES string of the molecule is CNc1cc(F)c(C=O)c(F)c1C=N. The van der Waals surface area contributed by atoms with Crippen LogP contribution in [-0.2, 0) is 0 Å². The van der Waals surface area contributed by atoms with Gasteiger partial charge in [-0.05, 0) is 6.07 Å². The second-order valence-corrected chi connectivity index (χ2v) is 2.56. The van der Waals surface area contributed by atoms with Gasteiger partial charge in [0.05, 0.1) is 11.1 Å². The van der Waals surface area contributed by atoms with Gasteiger partial charge in [0.1, 0.15) is 11.6 Å². The Morgan fingerprint density at radius 1 is 1.43 bits per heavy atom. The first-order valence-corrected chi connectivity index (χ1v) is 3.81. The predicted octanol–water partition coefficient (Wildman–Crippen LogP) is 1.82. The molecule has 74 valence electrons. The first-order chi connectivity index (χ1) is 6.65. The number of anilines is 1. The Morgan fingerprint density at radius 2 is 2.07 bits per heavy atom. The van der Waals surface area contributed by atoms with E-state index in [9.17, 15) is 13.6 Å². The maximum atomic E-state index is 13.3. The van der Waals surface area contributed by atoms with E-state index in [-0.39, 0.29) is 17.5 Å². The van der Waals surface area contributed by atoms with E-state index < -0.39 is 17.2 Å². The average molecular weight is 198 g/mol. The molecule has 0 aliphatic heterocycles. The lowest BCUT2D eigenvalue weighted by molar-refractivity contribution is 0.111. The van der Waals surface area contributed by atoms with Gasteiger partial charge in [0.15, 0.2) is 6.29 Å². The molecule has 0 aromatic heterocycles. The first-order valence-electron chi connectivity index (χ1n) is 3.81. The van der Waals surface area contributed by atoms with E-state index >= 15 is 0 Å². The quantitative estimate of drug-likeness (QED) is 0.575. The summed E-state index contributed by atoms with van der Waals surface area (Å²) in [5.41, 5.74) is -0.640. The fraction of sp³-hybridized carbons (Fsp3) is 0.111. The molecule has 0 amide bonds. The third kappa shape index (κ3) is 1.48. The zero-order valence-corrected chi connectivity index (χ0v) is 7.40. The van der Waals surface area contributed by atoms with E-state index in [0.717, 1.165) is 12.3 Å². The zero-order chi connectivity index (χ0) is 10.7. The standard InChI is InChI=1S/C9H8F2N2O/c1-13-8-2-7(10)6(4-14)9(11)5(8)3-12/h2-4,12-13H,1H3. The molecule has 0 saturated carbocycles. The van der Waals surface area contributed by atoms with E-state index in [1.807, 2.05) is 0 Å². The minimum atomic E-state index is -1.01. The van der Waals surface area contributed by atoms with Gasteiger partial charge in [0.25, 0.3) is 0 Å². The second-order valence-electron chi connectivity index (χ2n) is 2.56. The van der Waals surface area contributed by atoms with Gasteiger partial charge < -0.3 is 10.7 Å². The fourth-order valence-electron chi connectivity index (χ4n) is 1.11. The Balaban J connectivity index is 3.54. The van der Waals surface area contributed by atoms with E-state index in [2.05, 4.69) is 5.32 Å². The smallest absolute Gasteiger partial charge is 0.155 e. The van der Waals surface area contributed by atoms with Crippen molar-refractivity contribution in [3.05, 3.63) is 28.8 Å². The summed E-state index contributed by atoms with van der Waals surface area (Å²) < 4.78 is 26.3. The van der Waals surface area contributed by atoms with Crippen molar-refractivity contribution in [2.45, 2.75) is 0 Å². The molecule has 0 bridgehead atoms. The molecule has 1 rings (SSSR count). The first kappa shape index (κ1) is 10.3. The maximum absolute atomic E-state index is 13.3. The molecule has 0 saturated heterocycles. The number of aldehydes is 1. The number of carbonyl (C=O) groups is 1. The molecular weight excluding hydrogens is 190 g/mol. The summed E-state index contributed by atoms with van der Waals surface area (Å²) in [4.78, 5) is 10.3. The highest BCUT2D eigenvalue weighted by atomic mass is 19.1. The number of nitrogens with one attached hydrogen (secondary N) is 2.